The standard InChI is InChI=1S/C10H19NO/c1-8(2)10(12)4-6-11-5-3-9(10)7-11/h8-9,12H,3-7H2,1-2H3. The summed E-state index contributed by atoms with van der Waals surface area (Å²) in [5.41, 5.74) is -0.354. The van der Waals surface area contributed by atoms with Gasteiger partial charge in [-0.05, 0) is 25.3 Å². The number of nitrogens with zero attached hydrogens (tertiary/aromatic N) is 1. The van der Waals surface area contributed by atoms with E-state index in [0.29, 0.717) is 11.8 Å². The van der Waals surface area contributed by atoms with Gasteiger partial charge in [0.15, 0.2) is 0 Å². The molecule has 2 nitrogen and oxygen atoms in total. The van der Waals surface area contributed by atoms with E-state index in [4.69, 9.17) is 0 Å². The van der Waals surface area contributed by atoms with E-state index in [2.05, 4.69) is 18.7 Å². The fourth-order valence-electron chi connectivity index (χ4n) is 2.75. The van der Waals surface area contributed by atoms with Crippen LogP contribution in [0.4, 0.5) is 0 Å². The van der Waals surface area contributed by atoms with E-state index in [1.54, 1.807) is 0 Å². The predicted octanol–water partition coefficient (Wildman–Crippen LogP) is 1.10. The number of hydrogen-bond donors (Lipinski definition) is 1. The molecule has 0 aromatic heterocycles. The Morgan fingerprint density at radius 1 is 1.42 bits per heavy atom. The molecule has 70 valence electrons. The van der Waals surface area contributed by atoms with Crippen molar-refractivity contribution in [2.75, 3.05) is 19.6 Å². The minimum atomic E-state index is -0.354. The van der Waals surface area contributed by atoms with E-state index < -0.39 is 0 Å². The van der Waals surface area contributed by atoms with Crippen LogP contribution in [0.1, 0.15) is 26.7 Å². The molecular formula is C10H19NO. The van der Waals surface area contributed by atoms with Gasteiger partial charge in [-0.3, -0.25) is 0 Å². The van der Waals surface area contributed by atoms with Crippen molar-refractivity contribution in [3.8, 4) is 0 Å². The minimum absolute atomic E-state index is 0.354. The van der Waals surface area contributed by atoms with Crippen molar-refractivity contribution in [1.29, 1.82) is 0 Å². The third-order valence-electron chi connectivity index (χ3n) is 3.81. The molecule has 2 fully saturated rings. The first kappa shape index (κ1) is 8.52. The van der Waals surface area contributed by atoms with Crippen LogP contribution in [0.5, 0.6) is 0 Å². The highest BCUT2D eigenvalue weighted by Gasteiger charge is 2.46. The quantitative estimate of drug-likeness (QED) is 0.635. The Hall–Kier alpha value is -0.0800. The molecular weight excluding hydrogens is 150 g/mol. The molecule has 0 amide bonds. The molecule has 1 N–H and O–H groups in total. The Morgan fingerprint density at radius 3 is 2.83 bits per heavy atom. The van der Waals surface area contributed by atoms with E-state index in [1.807, 2.05) is 0 Å². The molecule has 3 unspecified atom stereocenters. The Bertz CT molecular complexity index is 181. The Morgan fingerprint density at radius 2 is 2.17 bits per heavy atom. The molecule has 0 saturated carbocycles. The van der Waals surface area contributed by atoms with Gasteiger partial charge in [0.05, 0.1) is 5.60 Å². The van der Waals surface area contributed by atoms with E-state index in [9.17, 15) is 5.11 Å². The average molecular weight is 169 g/mol. The summed E-state index contributed by atoms with van der Waals surface area (Å²) in [6.07, 6.45) is 2.18. The number of hydrogen-bond acceptors (Lipinski definition) is 2. The summed E-state index contributed by atoms with van der Waals surface area (Å²) < 4.78 is 0. The Balaban J connectivity index is 2.15. The van der Waals surface area contributed by atoms with Gasteiger partial charge in [0, 0.05) is 19.0 Å². The summed E-state index contributed by atoms with van der Waals surface area (Å²) in [6, 6.07) is 0. The van der Waals surface area contributed by atoms with Gasteiger partial charge in [-0.25, -0.2) is 0 Å². The first-order chi connectivity index (χ1) is 5.63. The van der Waals surface area contributed by atoms with Gasteiger partial charge in [-0.1, -0.05) is 13.8 Å². The van der Waals surface area contributed by atoms with E-state index >= 15 is 0 Å². The van der Waals surface area contributed by atoms with Crippen molar-refractivity contribution in [1.82, 2.24) is 4.90 Å². The van der Waals surface area contributed by atoms with Crippen molar-refractivity contribution >= 4 is 0 Å². The highest BCUT2D eigenvalue weighted by Crippen LogP contribution is 2.39. The maximum absolute atomic E-state index is 10.4. The highest BCUT2D eigenvalue weighted by molar-refractivity contribution is 4.98. The van der Waals surface area contributed by atoms with Crippen LogP contribution in [-0.4, -0.2) is 35.2 Å². The van der Waals surface area contributed by atoms with E-state index in [0.717, 1.165) is 19.5 Å². The monoisotopic (exact) mass is 169 g/mol. The molecule has 2 rings (SSSR count). The maximum atomic E-state index is 10.4. The van der Waals surface area contributed by atoms with E-state index in [1.165, 1.54) is 13.0 Å². The van der Waals surface area contributed by atoms with Crippen molar-refractivity contribution < 1.29 is 5.11 Å². The zero-order chi connectivity index (χ0) is 8.77. The van der Waals surface area contributed by atoms with Crippen molar-refractivity contribution in [3.63, 3.8) is 0 Å². The molecule has 12 heavy (non-hydrogen) atoms. The molecule has 2 aliphatic heterocycles. The number of rotatable bonds is 1. The summed E-state index contributed by atoms with van der Waals surface area (Å²) in [4.78, 5) is 2.47. The fourth-order valence-corrected chi connectivity index (χ4v) is 2.75. The molecule has 0 spiro atoms. The molecule has 2 saturated heterocycles. The fraction of sp³-hybridized carbons (Fsp3) is 1.00. The van der Waals surface area contributed by atoms with Crippen LogP contribution in [0.15, 0.2) is 0 Å². The second-order valence-corrected chi connectivity index (χ2v) is 4.68. The van der Waals surface area contributed by atoms with Gasteiger partial charge in [0.2, 0.25) is 0 Å². The first-order valence-electron chi connectivity index (χ1n) is 5.07. The first-order valence-corrected chi connectivity index (χ1v) is 5.07. The largest absolute Gasteiger partial charge is 0.389 e. The molecule has 0 radical (unpaired) electrons. The summed E-state index contributed by atoms with van der Waals surface area (Å²) in [7, 11) is 0. The van der Waals surface area contributed by atoms with Gasteiger partial charge >= 0.3 is 0 Å². The zero-order valence-electron chi connectivity index (χ0n) is 8.08. The van der Waals surface area contributed by atoms with Crippen LogP contribution in [0.2, 0.25) is 0 Å². The summed E-state index contributed by atoms with van der Waals surface area (Å²) in [5, 5.41) is 10.4. The normalized spacial score (nSPS) is 47.0. The summed E-state index contributed by atoms with van der Waals surface area (Å²) >= 11 is 0. The highest BCUT2D eigenvalue weighted by atomic mass is 16.3. The molecule has 2 heterocycles. The molecule has 0 aliphatic carbocycles. The zero-order valence-corrected chi connectivity index (χ0v) is 8.08. The smallest absolute Gasteiger partial charge is 0.0723 e. The maximum Gasteiger partial charge on any atom is 0.0723 e. The molecule has 0 aromatic rings. The SMILES string of the molecule is CC(C)C1(O)CCN2CCC1C2. The topological polar surface area (TPSA) is 23.5 Å². The molecule has 2 aliphatic rings. The lowest BCUT2D eigenvalue weighted by Gasteiger charge is -2.41. The number of aliphatic hydroxyl groups is 1. The van der Waals surface area contributed by atoms with Gasteiger partial charge < -0.3 is 10.0 Å². The summed E-state index contributed by atoms with van der Waals surface area (Å²) in [6.45, 7) is 7.74. The molecule has 0 aromatic carbocycles. The minimum Gasteiger partial charge on any atom is -0.389 e. The second-order valence-electron chi connectivity index (χ2n) is 4.68. The van der Waals surface area contributed by atoms with Gasteiger partial charge in [0.1, 0.15) is 0 Å². The second kappa shape index (κ2) is 2.71. The molecule has 2 bridgehead atoms. The van der Waals surface area contributed by atoms with Crippen molar-refractivity contribution in [2.24, 2.45) is 11.8 Å². The lowest BCUT2D eigenvalue weighted by Crippen LogP contribution is -2.49. The molecule has 3 atom stereocenters. The van der Waals surface area contributed by atoms with Crippen LogP contribution < -0.4 is 0 Å². The van der Waals surface area contributed by atoms with Crippen LogP contribution in [-0.2, 0) is 0 Å². The lowest BCUT2D eigenvalue weighted by atomic mass is 9.74. The number of piperidine rings is 1. The number of fused-ring (bicyclic) bond motifs is 2. The summed E-state index contributed by atoms with van der Waals surface area (Å²) in [5.74, 6) is 0.967. The molecule has 2 heteroatoms. The van der Waals surface area contributed by atoms with Crippen molar-refractivity contribution in [3.05, 3.63) is 0 Å². The Labute approximate surface area is 74.6 Å². The third-order valence-corrected chi connectivity index (χ3v) is 3.81. The van der Waals surface area contributed by atoms with Gasteiger partial charge in [-0.15, -0.1) is 0 Å². The van der Waals surface area contributed by atoms with Gasteiger partial charge in [0.25, 0.3) is 0 Å². The van der Waals surface area contributed by atoms with Gasteiger partial charge in [-0.2, -0.15) is 0 Å². The Kier molecular flexibility index (Phi) is 1.92. The van der Waals surface area contributed by atoms with Crippen LogP contribution in [0, 0.1) is 11.8 Å². The lowest BCUT2D eigenvalue weighted by molar-refractivity contribution is -0.0801. The van der Waals surface area contributed by atoms with Crippen LogP contribution in [0.25, 0.3) is 0 Å². The average Bonchev–Trinajstić information content (AvgIpc) is 2.43. The third kappa shape index (κ3) is 1.09. The van der Waals surface area contributed by atoms with Crippen LogP contribution in [0.3, 0.4) is 0 Å². The predicted molar refractivity (Wildman–Crippen MR) is 49.0 cm³/mol. The van der Waals surface area contributed by atoms with Crippen LogP contribution >= 0.6 is 0 Å². The van der Waals surface area contributed by atoms with Crippen molar-refractivity contribution in [2.45, 2.75) is 32.3 Å². The van der Waals surface area contributed by atoms with E-state index in [-0.39, 0.29) is 5.60 Å².